The van der Waals surface area contributed by atoms with Gasteiger partial charge in [-0.05, 0) is 38.3 Å². The van der Waals surface area contributed by atoms with Gasteiger partial charge in [0.05, 0.1) is 12.7 Å². The maximum absolute atomic E-state index is 12.8. The first-order valence-electron chi connectivity index (χ1n) is 8.62. The number of esters is 1. The van der Waals surface area contributed by atoms with Crippen LogP contribution >= 0.6 is 12.4 Å². The fourth-order valence-corrected chi connectivity index (χ4v) is 3.08. The van der Waals surface area contributed by atoms with Crippen LogP contribution in [0.25, 0.3) is 11.1 Å². The lowest BCUT2D eigenvalue weighted by Gasteiger charge is -2.16. The van der Waals surface area contributed by atoms with Gasteiger partial charge in [-0.15, -0.1) is 12.4 Å². The Hall–Kier alpha value is -2.38. The number of carbonyl (C=O) groups excluding carboxylic acids is 1. The molecule has 27 heavy (non-hydrogen) atoms. The number of benzene rings is 1. The highest BCUT2D eigenvalue weighted by atomic mass is 35.5. The first kappa shape index (κ1) is 22.7. The molecule has 2 aromatic rings. The minimum Gasteiger partial charge on any atom is -0.468 e. The maximum Gasteiger partial charge on any atom is 0.331 e. The number of rotatable bonds is 6. The number of hydrogen-bond donors (Lipinski definition) is 1. The van der Waals surface area contributed by atoms with Crippen molar-refractivity contribution in [3.8, 4) is 11.1 Å². The normalized spacial score (nSPS) is 11.6. The molecule has 1 atom stereocenters. The highest BCUT2D eigenvalue weighted by Gasteiger charge is 2.17. The Morgan fingerprint density at radius 3 is 2.15 bits per heavy atom. The molecular weight excluding hydrogens is 370 g/mol. The molecule has 0 spiro atoms. The molecule has 0 amide bonds. The van der Waals surface area contributed by atoms with Crippen LogP contribution in [-0.2, 0) is 29.0 Å². The molecule has 148 valence electrons. The van der Waals surface area contributed by atoms with Gasteiger partial charge in [-0.3, -0.25) is 18.7 Å². The molecule has 0 fully saturated rings. The second-order valence-electron chi connectivity index (χ2n) is 6.07. The fourth-order valence-electron chi connectivity index (χ4n) is 3.08. The van der Waals surface area contributed by atoms with Crippen LogP contribution in [0.3, 0.4) is 0 Å². The first-order valence-corrected chi connectivity index (χ1v) is 8.62. The summed E-state index contributed by atoms with van der Waals surface area (Å²) in [5, 5.41) is 0. The SMILES string of the molecule is CCn1c(C)c(-c2ccc(C[C@H](N)C(=O)OC)cc2)c(=O)n(CC)c1=O.Cl. The van der Waals surface area contributed by atoms with Crippen LogP contribution in [0, 0.1) is 6.92 Å². The zero-order valence-electron chi connectivity index (χ0n) is 16.0. The average molecular weight is 396 g/mol. The molecule has 8 heteroatoms. The van der Waals surface area contributed by atoms with E-state index in [0.717, 1.165) is 11.1 Å². The summed E-state index contributed by atoms with van der Waals surface area (Å²) in [5.74, 6) is -0.467. The van der Waals surface area contributed by atoms with Gasteiger partial charge in [-0.1, -0.05) is 24.3 Å². The molecule has 0 radical (unpaired) electrons. The molecule has 0 bridgehead atoms. The van der Waals surface area contributed by atoms with E-state index in [1.807, 2.05) is 31.2 Å². The van der Waals surface area contributed by atoms with Gasteiger partial charge in [0.15, 0.2) is 0 Å². The van der Waals surface area contributed by atoms with Crippen molar-refractivity contribution in [2.45, 2.75) is 46.3 Å². The third-order valence-corrected chi connectivity index (χ3v) is 4.52. The molecule has 1 aromatic heterocycles. The molecule has 1 heterocycles. The second-order valence-corrected chi connectivity index (χ2v) is 6.07. The Labute approximate surface area is 164 Å². The summed E-state index contributed by atoms with van der Waals surface area (Å²) in [5.41, 5.74) is 7.95. The summed E-state index contributed by atoms with van der Waals surface area (Å²) >= 11 is 0. The Bertz CT molecular complexity index is 916. The molecule has 2 rings (SSSR count). The minimum atomic E-state index is -0.730. The third-order valence-electron chi connectivity index (χ3n) is 4.52. The monoisotopic (exact) mass is 395 g/mol. The van der Waals surface area contributed by atoms with Crippen molar-refractivity contribution < 1.29 is 9.53 Å². The van der Waals surface area contributed by atoms with Crippen molar-refractivity contribution in [3.05, 3.63) is 56.4 Å². The van der Waals surface area contributed by atoms with Crippen LogP contribution in [0.2, 0.25) is 0 Å². The van der Waals surface area contributed by atoms with Crippen LogP contribution in [0.4, 0.5) is 0 Å². The molecule has 0 aliphatic rings. The zero-order chi connectivity index (χ0) is 19.4. The number of nitrogens with two attached hydrogens (primary N) is 1. The zero-order valence-corrected chi connectivity index (χ0v) is 16.8. The average Bonchev–Trinajstić information content (AvgIpc) is 2.63. The second kappa shape index (κ2) is 9.53. The van der Waals surface area contributed by atoms with Crippen LogP contribution in [0.15, 0.2) is 33.9 Å². The maximum atomic E-state index is 12.8. The van der Waals surface area contributed by atoms with Gasteiger partial charge >= 0.3 is 11.7 Å². The summed E-state index contributed by atoms with van der Waals surface area (Å²) in [6.45, 7) is 6.24. The van der Waals surface area contributed by atoms with Crippen LogP contribution in [-0.4, -0.2) is 28.3 Å². The highest BCUT2D eigenvalue weighted by molar-refractivity contribution is 5.85. The van der Waals surface area contributed by atoms with Crippen molar-refractivity contribution in [2.24, 2.45) is 5.73 Å². The van der Waals surface area contributed by atoms with Crippen molar-refractivity contribution in [3.63, 3.8) is 0 Å². The number of halogens is 1. The molecule has 0 saturated carbocycles. The minimum absolute atomic E-state index is 0. The van der Waals surface area contributed by atoms with Gasteiger partial charge in [-0.25, -0.2) is 4.79 Å². The Balaban J connectivity index is 0.00000364. The van der Waals surface area contributed by atoms with E-state index in [2.05, 4.69) is 4.74 Å². The first-order chi connectivity index (χ1) is 12.3. The van der Waals surface area contributed by atoms with E-state index in [1.54, 1.807) is 18.4 Å². The fraction of sp³-hybridized carbons (Fsp3) is 0.421. The standard InChI is InChI=1S/C19H25N3O4.ClH/c1-5-21-12(3)16(17(23)22(6-2)19(21)25)14-9-7-13(8-10-14)11-15(20)18(24)26-4;/h7-10,15H,5-6,11,20H2,1-4H3;1H/t15-;/m0./s1. The van der Waals surface area contributed by atoms with E-state index < -0.39 is 12.0 Å². The Morgan fingerprint density at radius 1 is 1.11 bits per heavy atom. The van der Waals surface area contributed by atoms with E-state index in [-0.39, 0.29) is 23.7 Å². The number of ether oxygens (including phenoxy) is 1. The van der Waals surface area contributed by atoms with E-state index >= 15 is 0 Å². The predicted octanol–water partition coefficient (Wildman–Crippen LogP) is 1.49. The van der Waals surface area contributed by atoms with Crippen molar-refractivity contribution in [2.75, 3.05) is 7.11 Å². The largest absolute Gasteiger partial charge is 0.468 e. The number of nitrogens with zero attached hydrogens (tertiary/aromatic N) is 2. The van der Waals surface area contributed by atoms with Gasteiger partial charge in [0.25, 0.3) is 5.56 Å². The predicted molar refractivity (Wildman–Crippen MR) is 107 cm³/mol. The van der Waals surface area contributed by atoms with Crippen LogP contribution in [0.1, 0.15) is 25.1 Å². The third kappa shape index (κ3) is 4.48. The number of hydrogen-bond acceptors (Lipinski definition) is 5. The van der Waals surface area contributed by atoms with E-state index in [9.17, 15) is 14.4 Å². The van der Waals surface area contributed by atoms with Crippen molar-refractivity contribution in [1.29, 1.82) is 0 Å². The van der Waals surface area contributed by atoms with E-state index in [0.29, 0.717) is 30.8 Å². The number of aromatic nitrogens is 2. The molecule has 0 unspecified atom stereocenters. The number of methoxy groups -OCH3 is 1. The topological polar surface area (TPSA) is 96.3 Å². The quantitative estimate of drug-likeness (QED) is 0.747. The summed E-state index contributed by atoms with van der Waals surface area (Å²) in [7, 11) is 1.30. The Kier molecular flexibility index (Phi) is 7.99. The van der Waals surface area contributed by atoms with Gasteiger partial charge in [-0.2, -0.15) is 0 Å². The lowest BCUT2D eigenvalue weighted by molar-refractivity contribution is -0.142. The number of carbonyl (C=O) groups is 1. The smallest absolute Gasteiger partial charge is 0.331 e. The Morgan fingerprint density at radius 2 is 1.67 bits per heavy atom. The highest BCUT2D eigenvalue weighted by Crippen LogP contribution is 2.20. The van der Waals surface area contributed by atoms with Crippen molar-refractivity contribution in [1.82, 2.24) is 9.13 Å². The lowest BCUT2D eigenvalue weighted by atomic mass is 10.0. The van der Waals surface area contributed by atoms with E-state index in [1.165, 1.54) is 11.7 Å². The van der Waals surface area contributed by atoms with E-state index in [4.69, 9.17) is 5.73 Å². The van der Waals surface area contributed by atoms with Crippen LogP contribution < -0.4 is 17.0 Å². The molecule has 1 aromatic carbocycles. The summed E-state index contributed by atoms with van der Waals surface area (Å²) in [6, 6.07) is 6.55. The van der Waals surface area contributed by atoms with Gasteiger partial charge in [0.2, 0.25) is 0 Å². The summed E-state index contributed by atoms with van der Waals surface area (Å²) < 4.78 is 7.47. The summed E-state index contributed by atoms with van der Waals surface area (Å²) in [4.78, 5) is 36.6. The molecule has 7 nitrogen and oxygen atoms in total. The molecule has 2 N–H and O–H groups in total. The molecule has 0 saturated heterocycles. The molecular formula is C19H26ClN3O4. The van der Waals surface area contributed by atoms with Gasteiger partial charge in [0.1, 0.15) is 6.04 Å². The van der Waals surface area contributed by atoms with Gasteiger partial charge < -0.3 is 10.5 Å². The van der Waals surface area contributed by atoms with Gasteiger partial charge in [0, 0.05) is 18.8 Å². The molecule has 0 aliphatic heterocycles. The van der Waals surface area contributed by atoms with Crippen molar-refractivity contribution >= 4 is 18.4 Å². The molecule has 0 aliphatic carbocycles. The lowest BCUT2D eigenvalue weighted by Crippen LogP contribution is -2.41. The summed E-state index contributed by atoms with van der Waals surface area (Å²) in [6.07, 6.45) is 0.347. The van der Waals surface area contributed by atoms with Crippen LogP contribution in [0.5, 0.6) is 0 Å².